The van der Waals surface area contributed by atoms with E-state index in [2.05, 4.69) is 10.6 Å². The van der Waals surface area contributed by atoms with Gasteiger partial charge < -0.3 is 10.6 Å². The minimum atomic E-state index is -4.57. The third-order valence-corrected chi connectivity index (χ3v) is 4.88. The topological polar surface area (TPSA) is 58.2 Å². The molecule has 0 aliphatic heterocycles. The first-order valence-corrected chi connectivity index (χ1v) is 8.56. The summed E-state index contributed by atoms with van der Waals surface area (Å²) in [6.07, 6.45) is -3.94. The lowest BCUT2D eigenvalue weighted by atomic mass is 10.0. The molecule has 142 valence electrons. The smallest absolute Gasteiger partial charge is 0.325 e. The minimum absolute atomic E-state index is 0.0357. The first-order chi connectivity index (χ1) is 12.6. The Labute approximate surface area is 158 Å². The molecule has 1 aliphatic carbocycles. The van der Waals surface area contributed by atoms with E-state index in [0.717, 1.165) is 23.8 Å². The van der Waals surface area contributed by atoms with Gasteiger partial charge in [0, 0.05) is 5.69 Å². The van der Waals surface area contributed by atoms with Crippen molar-refractivity contribution in [2.24, 2.45) is 5.41 Å². The molecule has 0 heterocycles. The Bertz CT molecular complexity index is 908. The molecule has 0 unspecified atom stereocenters. The van der Waals surface area contributed by atoms with Crippen LogP contribution in [0.3, 0.4) is 0 Å². The maximum atomic E-state index is 12.9. The lowest BCUT2D eigenvalue weighted by Crippen LogP contribution is -2.36. The Hall–Kier alpha value is -2.54. The second-order valence-corrected chi connectivity index (χ2v) is 6.90. The summed E-state index contributed by atoms with van der Waals surface area (Å²) in [5.74, 6) is -1.16. The second kappa shape index (κ2) is 6.88. The van der Waals surface area contributed by atoms with Crippen molar-refractivity contribution in [3.63, 3.8) is 0 Å². The van der Waals surface area contributed by atoms with Gasteiger partial charge in [-0.05, 0) is 49.6 Å². The van der Waals surface area contributed by atoms with Gasteiger partial charge in [-0.15, -0.1) is 0 Å². The van der Waals surface area contributed by atoms with Gasteiger partial charge >= 0.3 is 6.18 Å². The van der Waals surface area contributed by atoms with Crippen molar-refractivity contribution in [1.82, 2.24) is 0 Å². The molecule has 4 nitrogen and oxygen atoms in total. The molecular weight excluding hydrogens is 381 g/mol. The summed E-state index contributed by atoms with van der Waals surface area (Å²) in [5.41, 5.74) is -0.996. The molecule has 1 saturated carbocycles. The van der Waals surface area contributed by atoms with Gasteiger partial charge in [0.25, 0.3) is 0 Å². The highest BCUT2D eigenvalue weighted by Gasteiger charge is 2.56. The van der Waals surface area contributed by atoms with E-state index in [1.165, 1.54) is 0 Å². The Kier molecular flexibility index (Phi) is 4.90. The molecule has 0 radical (unpaired) electrons. The van der Waals surface area contributed by atoms with Gasteiger partial charge in [0.05, 0.1) is 16.3 Å². The van der Waals surface area contributed by atoms with E-state index in [4.69, 9.17) is 11.6 Å². The lowest BCUT2D eigenvalue weighted by Gasteiger charge is -2.17. The fourth-order valence-corrected chi connectivity index (χ4v) is 2.84. The molecule has 0 spiro atoms. The van der Waals surface area contributed by atoms with Crippen molar-refractivity contribution in [2.45, 2.75) is 25.9 Å². The third kappa shape index (κ3) is 3.93. The number of benzene rings is 2. The van der Waals surface area contributed by atoms with Gasteiger partial charge in [-0.3, -0.25) is 9.59 Å². The highest BCUT2D eigenvalue weighted by molar-refractivity contribution is 6.34. The molecule has 3 rings (SSSR count). The number of carbonyl (C=O) groups is 2. The van der Waals surface area contributed by atoms with Crippen LogP contribution < -0.4 is 10.6 Å². The largest absolute Gasteiger partial charge is 0.416 e. The van der Waals surface area contributed by atoms with Crippen LogP contribution in [0, 0.1) is 12.3 Å². The Morgan fingerprint density at radius 1 is 1.00 bits per heavy atom. The summed E-state index contributed by atoms with van der Waals surface area (Å²) < 4.78 is 38.6. The molecule has 0 saturated heterocycles. The average Bonchev–Trinajstić information content (AvgIpc) is 3.40. The number of carbonyl (C=O) groups excluding carboxylic acids is 2. The number of anilines is 2. The zero-order valence-electron chi connectivity index (χ0n) is 14.3. The molecule has 0 bridgehead atoms. The molecule has 0 atom stereocenters. The molecule has 1 aliphatic rings. The maximum absolute atomic E-state index is 12.9. The number of hydrogen-bond acceptors (Lipinski definition) is 2. The predicted octanol–water partition coefficient (Wildman–Crippen LogP) is 5.02. The number of aryl methyl sites for hydroxylation is 1. The first kappa shape index (κ1) is 19.2. The molecule has 2 N–H and O–H groups in total. The van der Waals surface area contributed by atoms with Crippen LogP contribution in [0.4, 0.5) is 24.5 Å². The number of nitrogens with one attached hydrogen (secondary N) is 2. The van der Waals surface area contributed by atoms with Gasteiger partial charge in [-0.25, -0.2) is 0 Å². The van der Waals surface area contributed by atoms with E-state index in [1.807, 2.05) is 19.1 Å². The van der Waals surface area contributed by atoms with Gasteiger partial charge in [0.1, 0.15) is 5.41 Å². The zero-order valence-corrected chi connectivity index (χ0v) is 15.0. The van der Waals surface area contributed by atoms with Crippen molar-refractivity contribution in [3.05, 3.63) is 58.6 Å². The van der Waals surface area contributed by atoms with E-state index < -0.39 is 29.0 Å². The standard InChI is InChI=1S/C19H16ClF3N2O2/c1-11-4-2-3-5-14(11)24-16(26)18(8-9-18)17(27)25-15-10-12(19(21,22)23)6-7-13(15)20/h2-7,10H,8-9H2,1H3,(H,24,26)(H,25,27). The Balaban J connectivity index is 1.78. The summed E-state index contributed by atoms with van der Waals surface area (Å²) in [6.45, 7) is 1.82. The van der Waals surface area contributed by atoms with E-state index in [-0.39, 0.29) is 10.7 Å². The van der Waals surface area contributed by atoms with Crippen molar-refractivity contribution < 1.29 is 22.8 Å². The Morgan fingerprint density at radius 3 is 2.15 bits per heavy atom. The van der Waals surface area contributed by atoms with Crippen LogP contribution in [-0.4, -0.2) is 11.8 Å². The van der Waals surface area contributed by atoms with E-state index in [0.29, 0.717) is 18.5 Å². The van der Waals surface area contributed by atoms with Gasteiger partial charge in [0.2, 0.25) is 11.8 Å². The first-order valence-electron chi connectivity index (χ1n) is 8.19. The number of alkyl halides is 3. The molecule has 2 amide bonds. The molecule has 1 fully saturated rings. The van der Waals surface area contributed by atoms with Crippen LogP contribution in [0.5, 0.6) is 0 Å². The summed E-state index contributed by atoms with van der Waals surface area (Å²) in [4.78, 5) is 25.2. The van der Waals surface area contributed by atoms with Crippen LogP contribution >= 0.6 is 11.6 Å². The normalized spacial score (nSPS) is 15.1. The van der Waals surface area contributed by atoms with Crippen LogP contribution in [0.1, 0.15) is 24.0 Å². The fraction of sp³-hybridized carbons (Fsp3) is 0.263. The number of rotatable bonds is 4. The summed E-state index contributed by atoms with van der Waals surface area (Å²) in [5, 5.41) is 5.06. The van der Waals surface area contributed by atoms with Crippen LogP contribution in [-0.2, 0) is 15.8 Å². The minimum Gasteiger partial charge on any atom is -0.325 e. The quantitative estimate of drug-likeness (QED) is 0.712. The fourth-order valence-electron chi connectivity index (χ4n) is 2.68. The molecular formula is C19H16ClF3N2O2. The number of para-hydroxylation sites is 1. The third-order valence-electron chi connectivity index (χ3n) is 4.55. The van der Waals surface area contributed by atoms with Crippen LogP contribution in [0.15, 0.2) is 42.5 Å². The Morgan fingerprint density at radius 2 is 1.59 bits per heavy atom. The van der Waals surface area contributed by atoms with Crippen molar-refractivity contribution in [1.29, 1.82) is 0 Å². The highest BCUT2D eigenvalue weighted by Crippen LogP contribution is 2.48. The summed E-state index contributed by atoms with van der Waals surface area (Å²) >= 11 is 5.91. The average molecular weight is 397 g/mol. The molecule has 8 heteroatoms. The van der Waals surface area contributed by atoms with Gasteiger partial charge in [-0.1, -0.05) is 29.8 Å². The maximum Gasteiger partial charge on any atom is 0.416 e. The summed E-state index contributed by atoms with van der Waals surface area (Å²) in [7, 11) is 0. The molecule has 2 aromatic carbocycles. The molecule has 2 aromatic rings. The zero-order chi connectivity index (χ0) is 19.8. The second-order valence-electron chi connectivity index (χ2n) is 6.50. The number of halogens is 4. The van der Waals surface area contributed by atoms with Crippen molar-refractivity contribution in [3.8, 4) is 0 Å². The predicted molar refractivity (Wildman–Crippen MR) is 96.6 cm³/mol. The summed E-state index contributed by atoms with van der Waals surface area (Å²) in [6, 6.07) is 9.76. The number of amides is 2. The lowest BCUT2D eigenvalue weighted by molar-refractivity contribution is -0.137. The van der Waals surface area contributed by atoms with Crippen LogP contribution in [0.25, 0.3) is 0 Å². The number of hydrogen-bond donors (Lipinski definition) is 2. The van der Waals surface area contributed by atoms with Crippen molar-refractivity contribution in [2.75, 3.05) is 10.6 Å². The van der Waals surface area contributed by atoms with Gasteiger partial charge in [-0.2, -0.15) is 13.2 Å². The van der Waals surface area contributed by atoms with E-state index in [9.17, 15) is 22.8 Å². The monoisotopic (exact) mass is 396 g/mol. The molecule has 0 aromatic heterocycles. The molecule has 27 heavy (non-hydrogen) atoms. The van der Waals surface area contributed by atoms with Crippen molar-refractivity contribution >= 4 is 34.8 Å². The van der Waals surface area contributed by atoms with Gasteiger partial charge in [0.15, 0.2) is 0 Å². The van der Waals surface area contributed by atoms with E-state index in [1.54, 1.807) is 12.1 Å². The highest BCUT2D eigenvalue weighted by atomic mass is 35.5. The van der Waals surface area contributed by atoms with E-state index >= 15 is 0 Å². The van der Waals surface area contributed by atoms with Crippen LogP contribution in [0.2, 0.25) is 5.02 Å². The SMILES string of the molecule is Cc1ccccc1NC(=O)C1(C(=O)Nc2cc(C(F)(F)F)ccc2Cl)CC1.